The van der Waals surface area contributed by atoms with Crippen molar-refractivity contribution in [2.75, 3.05) is 20.8 Å². The number of thiophene rings is 1. The van der Waals surface area contributed by atoms with E-state index in [2.05, 4.69) is 37.9 Å². The van der Waals surface area contributed by atoms with Crippen molar-refractivity contribution in [2.24, 2.45) is 0 Å². The topological polar surface area (TPSA) is 38.8 Å². The second-order valence-corrected chi connectivity index (χ2v) is 9.69. The van der Waals surface area contributed by atoms with Crippen molar-refractivity contribution in [1.82, 2.24) is 4.90 Å². The molecular formula is C18H19Br2NO3S. The van der Waals surface area contributed by atoms with E-state index >= 15 is 0 Å². The Balaban J connectivity index is 2.06. The molecule has 0 spiro atoms. The molecule has 1 aromatic carbocycles. The number of methoxy groups -OCH3 is 2. The van der Waals surface area contributed by atoms with Gasteiger partial charge in [0.1, 0.15) is 0 Å². The van der Waals surface area contributed by atoms with Gasteiger partial charge in [0.25, 0.3) is 0 Å². The van der Waals surface area contributed by atoms with Gasteiger partial charge < -0.3 is 14.4 Å². The summed E-state index contributed by atoms with van der Waals surface area (Å²) in [4.78, 5) is 14.2. The maximum atomic E-state index is 12.2. The van der Waals surface area contributed by atoms with Gasteiger partial charge in [-0.3, -0.25) is 4.79 Å². The van der Waals surface area contributed by atoms with E-state index in [1.54, 1.807) is 32.5 Å². The Labute approximate surface area is 168 Å². The molecular weight excluding hydrogens is 470 g/mol. The molecule has 7 heteroatoms. The zero-order valence-corrected chi connectivity index (χ0v) is 18.3. The second kappa shape index (κ2) is 7.68. The minimum atomic E-state index is -0.0149. The minimum absolute atomic E-state index is 0.0149. The third kappa shape index (κ3) is 3.73. The highest BCUT2D eigenvalue weighted by molar-refractivity contribution is 9.12. The van der Waals surface area contributed by atoms with Crippen LogP contribution in [0.15, 0.2) is 25.8 Å². The first-order valence-electron chi connectivity index (χ1n) is 7.90. The van der Waals surface area contributed by atoms with Crippen LogP contribution in [0, 0.1) is 0 Å². The highest BCUT2D eigenvalue weighted by Crippen LogP contribution is 2.41. The van der Waals surface area contributed by atoms with Crippen LogP contribution in [0.3, 0.4) is 0 Å². The SMILES string of the molecule is COc1cc2c(cc1OC)C(Cc1cc(Br)sc1Br)N(C(C)=O)CC2. The van der Waals surface area contributed by atoms with E-state index < -0.39 is 0 Å². The van der Waals surface area contributed by atoms with Crippen LogP contribution in [0.25, 0.3) is 0 Å². The molecule has 1 atom stereocenters. The van der Waals surface area contributed by atoms with Gasteiger partial charge in [0.15, 0.2) is 11.5 Å². The van der Waals surface area contributed by atoms with Crippen LogP contribution in [0.4, 0.5) is 0 Å². The monoisotopic (exact) mass is 487 g/mol. The number of nitrogens with zero attached hydrogens (tertiary/aromatic N) is 1. The van der Waals surface area contributed by atoms with Crippen LogP contribution in [0.5, 0.6) is 11.5 Å². The highest BCUT2D eigenvalue weighted by atomic mass is 79.9. The lowest BCUT2D eigenvalue weighted by molar-refractivity contribution is -0.131. The molecule has 0 saturated heterocycles. The predicted molar refractivity (Wildman–Crippen MR) is 107 cm³/mol. The maximum Gasteiger partial charge on any atom is 0.219 e. The molecule has 0 saturated carbocycles. The smallest absolute Gasteiger partial charge is 0.219 e. The molecule has 1 aromatic heterocycles. The van der Waals surface area contributed by atoms with Gasteiger partial charge in [-0.1, -0.05) is 0 Å². The minimum Gasteiger partial charge on any atom is -0.493 e. The fourth-order valence-corrected chi connectivity index (χ4v) is 6.21. The molecule has 4 nitrogen and oxygen atoms in total. The molecule has 0 aliphatic carbocycles. The Morgan fingerprint density at radius 2 is 1.92 bits per heavy atom. The van der Waals surface area contributed by atoms with Gasteiger partial charge >= 0.3 is 0 Å². The summed E-state index contributed by atoms with van der Waals surface area (Å²) in [5.41, 5.74) is 3.54. The molecule has 0 bridgehead atoms. The van der Waals surface area contributed by atoms with Crippen molar-refractivity contribution in [3.05, 3.63) is 42.5 Å². The van der Waals surface area contributed by atoms with Gasteiger partial charge in [0.05, 0.1) is 27.8 Å². The van der Waals surface area contributed by atoms with Crippen molar-refractivity contribution < 1.29 is 14.3 Å². The average molecular weight is 489 g/mol. The second-order valence-electron chi connectivity index (χ2n) is 5.94. The predicted octanol–water partition coefficient (Wildman–Crippen LogP) is 4.98. The van der Waals surface area contributed by atoms with Crippen LogP contribution in [0.2, 0.25) is 0 Å². The van der Waals surface area contributed by atoms with Gasteiger partial charge in [-0.2, -0.15) is 0 Å². The van der Waals surface area contributed by atoms with Crippen LogP contribution < -0.4 is 9.47 Å². The summed E-state index contributed by atoms with van der Waals surface area (Å²) >= 11 is 8.82. The molecule has 1 unspecified atom stereocenters. The number of amides is 1. The van der Waals surface area contributed by atoms with E-state index in [0.29, 0.717) is 12.3 Å². The number of ether oxygens (including phenoxy) is 2. The number of fused-ring (bicyclic) bond motifs is 1. The lowest BCUT2D eigenvalue weighted by atomic mass is 9.88. The summed E-state index contributed by atoms with van der Waals surface area (Å²) in [6.07, 6.45) is 1.57. The largest absolute Gasteiger partial charge is 0.493 e. The van der Waals surface area contributed by atoms with Crippen LogP contribution in [-0.2, 0) is 17.6 Å². The molecule has 0 fully saturated rings. The molecule has 134 valence electrons. The summed E-state index contributed by atoms with van der Waals surface area (Å²) in [6, 6.07) is 6.15. The number of carbonyl (C=O) groups is 1. The van der Waals surface area contributed by atoms with Crippen molar-refractivity contribution in [3.8, 4) is 11.5 Å². The van der Waals surface area contributed by atoms with E-state index in [1.165, 1.54) is 11.1 Å². The van der Waals surface area contributed by atoms with Gasteiger partial charge in [0, 0.05) is 13.5 Å². The molecule has 2 aromatic rings. The first-order chi connectivity index (χ1) is 11.9. The van der Waals surface area contributed by atoms with Crippen molar-refractivity contribution in [2.45, 2.75) is 25.8 Å². The van der Waals surface area contributed by atoms with E-state index in [-0.39, 0.29) is 11.9 Å². The molecule has 0 radical (unpaired) electrons. The van der Waals surface area contributed by atoms with E-state index in [9.17, 15) is 4.79 Å². The average Bonchev–Trinajstić information content (AvgIpc) is 2.90. The molecule has 2 heterocycles. The lowest BCUT2D eigenvalue weighted by Crippen LogP contribution is -2.39. The number of carbonyl (C=O) groups excluding carboxylic acids is 1. The molecule has 25 heavy (non-hydrogen) atoms. The van der Waals surface area contributed by atoms with Crippen molar-refractivity contribution in [3.63, 3.8) is 0 Å². The third-order valence-corrected chi connectivity index (χ3v) is 7.01. The standard InChI is InChI=1S/C18H19Br2NO3S/c1-10(22)21-5-4-11-7-15(23-2)16(24-3)9-13(11)14(21)6-12-8-17(19)25-18(12)20/h7-9,14H,4-6H2,1-3H3. The van der Waals surface area contributed by atoms with Crippen molar-refractivity contribution in [1.29, 1.82) is 0 Å². The van der Waals surface area contributed by atoms with Crippen LogP contribution in [-0.4, -0.2) is 31.6 Å². The van der Waals surface area contributed by atoms with Crippen molar-refractivity contribution >= 4 is 49.1 Å². The number of hydrogen-bond acceptors (Lipinski definition) is 4. The first-order valence-corrected chi connectivity index (χ1v) is 10.3. The van der Waals surface area contributed by atoms with Gasteiger partial charge in [-0.25, -0.2) is 0 Å². The summed E-state index contributed by atoms with van der Waals surface area (Å²) in [5.74, 6) is 1.52. The molecule has 1 aliphatic rings. The first kappa shape index (κ1) is 18.7. The fourth-order valence-electron chi connectivity index (χ4n) is 3.35. The number of hydrogen-bond donors (Lipinski definition) is 0. The zero-order chi connectivity index (χ0) is 18.1. The zero-order valence-electron chi connectivity index (χ0n) is 14.3. The Kier molecular flexibility index (Phi) is 5.75. The normalized spacial score (nSPS) is 16.5. The molecule has 1 amide bonds. The van der Waals surface area contributed by atoms with Gasteiger partial charge in [-0.15, -0.1) is 11.3 Å². The summed E-state index contributed by atoms with van der Waals surface area (Å²) in [6.45, 7) is 2.35. The summed E-state index contributed by atoms with van der Waals surface area (Å²) < 4.78 is 13.1. The third-order valence-electron chi connectivity index (χ3n) is 4.55. The summed E-state index contributed by atoms with van der Waals surface area (Å²) in [5, 5.41) is 0. The van der Waals surface area contributed by atoms with Gasteiger partial charge in [0.2, 0.25) is 5.91 Å². The molecule has 3 rings (SSSR count). The Bertz CT molecular complexity index is 806. The van der Waals surface area contributed by atoms with Crippen LogP contribution in [0.1, 0.15) is 29.7 Å². The van der Waals surface area contributed by atoms with E-state index in [4.69, 9.17) is 9.47 Å². The van der Waals surface area contributed by atoms with Gasteiger partial charge in [-0.05, 0) is 79.6 Å². The number of benzene rings is 1. The Morgan fingerprint density at radius 1 is 1.24 bits per heavy atom. The molecule has 0 N–H and O–H groups in total. The Morgan fingerprint density at radius 3 is 2.48 bits per heavy atom. The van der Waals surface area contributed by atoms with E-state index in [1.807, 2.05) is 17.0 Å². The van der Waals surface area contributed by atoms with Crippen LogP contribution >= 0.6 is 43.2 Å². The van der Waals surface area contributed by atoms with E-state index in [0.717, 1.165) is 31.7 Å². The lowest BCUT2D eigenvalue weighted by Gasteiger charge is -2.37. The highest BCUT2D eigenvalue weighted by Gasteiger charge is 2.31. The Hall–Kier alpha value is -1.05. The number of halogens is 2. The quantitative estimate of drug-likeness (QED) is 0.609. The maximum absolute atomic E-state index is 12.2. The number of rotatable bonds is 4. The molecule has 1 aliphatic heterocycles. The fraction of sp³-hybridized carbons (Fsp3) is 0.389. The summed E-state index contributed by atoms with van der Waals surface area (Å²) in [7, 11) is 3.28.